The summed E-state index contributed by atoms with van der Waals surface area (Å²) < 4.78 is 6.84. The molecule has 0 amide bonds. The molecule has 6 aromatic heterocycles. The van der Waals surface area contributed by atoms with E-state index < -0.39 is 0 Å². The topological polar surface area (TPSA) is 105 Å². The Hall–Kier alpha value is -19.0. The van der Waals surface area contributed by atoms with Crippen LogP contribution in [0.2, 0.25) is 0 Å². The predicted octanol–water partition coefficient (Wildman–Crippen LogP) is 33.5. The molecule has 0 atom stereocenters. The first-order valence-corrected chi connectivity index (χ1v) is 47.5. The molecule has 0 spiro atoms. The lowest BCUT2D eigenvalue weighted by Crippen LogP contribution is -2.04. The number of aromatic nitrogens is 10. The molecular formula is C131H88N10. The van der Waals surface area contributed by atoms with Gasteiger partial charge in [0.15, 0.2) is 23.3 Å². The average molecular weight is 1800 g/mol. The second-order valence-electron chi connectivity index (χ2n) is 35.1. The van der Waals surface area contributed by atoms with Gasteiger partial charge in [0.2, 0.25) is 5.95 Å². The van der Waals surface area contributed by atoms with E-state index in [1.165, 1.54) is 110 Å². The molecular weight excluding hydrogens is 1710 g/mol. The molecule has 26 rings (SSSR count). The number of para-hydroxylation sites is 6. The monoisotopic (exact) mass is 1800 g/mol. The number of hydrogen-bond acceptors (Lipinski definition) is 7. The zero-order valence-electron chi connectivity index (χ0n) is 76.8. The fourth-order valence-electron chi connectivity index (χ4n) is 19.3. The first-order valence-electron chi connectivity index (χ1n) is 47.5. The summed E-state index contributed by atoms with van der Waals surface area (Å²) >= 11 is 0. The molecule has 0 radical (unpaired) electrons. The van der Waals surface area contributed by atoms with Crippen LogP contribution < -0.4 is 0 Å². The summed E-state index contributed by atoms with van der Waals surface area (Å²) in [6, 6.07) is 187. The molecule has 0 fully saturated rings. The molecule has 0 bridgehead atoms. The number of nitrogens with zero attached hydrogens (tertiary/aromatic N) is 10. The molecule has 0 saturated carbocycles. The first-order chi connectivity index (χ1) is 69.9. The fraction of sp³-hybridized carbons (Fsp3) is 0. The maximum absolute atomic E-state index is 5.19. The van der Waals surface area contributed by atoms with Crippen LogP contribution in [0.4, 0.5) is 0 Å². The number of benzene rings is 20. The molecule has 0 N–H and O–H groups in total. The predicted molar refractivity (Wildman–Crippen MR) is 583 cm³/mol. The van der Waals surface area contributed by atoms with E-state index in [-0.39, 0.29) is 0 Å². The third-order valence-electron chi connectivity index (χ3n) is 26.4. The molecule has 0 saturated heterocycles. The van der Waals surface area contributed by atoms with Crippen molar-refractivity contribution in [2.45, 2.75) is 0 Å². The van der Waals surface area contributed by atoms with Gasteiger partial charge in [-0.1, -0.05) is 437 Å². The highest BCUT2D eigenvalue weighted by Gasteiger charge is 2.22. The Balaban J connectivity index is 0.000000115. The zero-order chi connectivity index (χ0) is 93.7. The molecule has 0 aliphatic carbocycles. The second kappa shape index (κ2) is 38.0. The molecule has 141 heavy (non-hydrogen) atoms. The van der Waals surface area contributed by atoms with Crippen LogP contribution in [-0.2, 0) is 0 Å². The normalized spacial score (nSPS) is 11.3. The molecule has 662 valence electrons. The van der Waals surface area contributed by atoms with Crippen molar-refractivity contribution >= 4 is 65.4 Å². The minimum absolute atomic E-state index is 0.632. The lowest BCUT2D eigenvalue weighted by atomic mass is 10.0. The van der Waals surface area contributed by atoms with Crippen LogP contribution in [0.25, 0.3) is 240 Å². The van der Waals surface area contributed by atoms with Gasteiger partial charge in [-0.3, -0.25) is 4.57 Å². The Labute approximate surface area is 816 Å². The maximum Gasteiger partial charge on any atom is 0.235 e. The number of fused-ring (bicyclic) bond motifs is 9. The van der Waals surface area contributed by atoms with E-state index in [2.05, 4.69) is 511 Å². The largest absolute Gasteiger partial charge is 0.309 e. The van der Waals surface area contributed by atoms with Gasteiger partial charge in [0, 0.05) is 88.2 Å². The summed E-state index contributed by atoms with van der Waals surface area (Å²) in [5, 5.41) is 7.36. The Kier molecular flexibility index (Phi) is 22.9. The van der Waals surface area contributed by atoms with E-state index in [9.17, 15) is 0 Å². The Morgan fingerprint density at radius 2 is 0.270 bits per heavy atom. The van der Waals surface area contributed by atoms with Gasteiger partial charge in [-0.2, -0.15) is 0 Å². The average Bonchev–Trinajstić information content (AvgIpc) is 1.58. The van der Waals surface area contributed by atoms with Crippen LogP contribution in [-0.4, -0.2) is 48.6 Å². The minimum atomic E-state index is 0.632. The van der Waals surface area contributed by atoms with Gasteiger partial charge in [0.1, 0.15) is 0 Å². The molecule has 10 nitrogen and oxygen atoms in total. The van der Waals surface area contributed by atoms with Crippen molar-refractivity contribution < 1.29 is 0 Å². The van der Waals surface area contributed by atoms with E-state index in [1.54, 1.807) is 0 Å². The van der Waals surface area contributed by atoms with Gasteiger partial charge < -0.3 is 9.13 Å². The van der Waals surface area contributed by atoms with Gasteiger partial charge in [-0.05, 0) is 164 Å². The Morgan fingerprint density at radius 3 is 0.489 bits per heavy atom. The Morgan fingerprint density at radius 1 is 0.113 bits per heavy atom. The van der Waals surface area contributed by atoms with Crippen molar-refractivity contribution in [2.75, 3.05) is 0 Å². The molecule has 26 aromatic rings. The number of hydrogen-bond donors (Lipinski definition) is 0. The van der Waals surface area contributed by atoms with Crippen LogP contribution in [0.15, 0.2) is 534 Å². The number of rotatable bonds is 17. The maximum atomic E-state index is 5.19. The van der Waals surface area contributed by atoms with E-state index in [0.29, 0.717) is 29.2 Å². The van der Waals surface area contributed by atoms with Crippen molar-refractivity contribution in [2.24, 2.45) is 0 Å². The molecule has 0 unspecified atom stereocenters. The molecule has 6 heterocycles. The van der Waals surface area contributed by atoms with E-state index >= 15 is 0 Å². The summed E-state index contributed by atoms with van der Waals surface area (Å²) in [4.78, 5) is 35.7. The lowest BCUT2D eigenvalue weighted by Gasteiger charge is -2.12. The van der Waals surface area contributed by atoms with Crippen molar-refractivity contribution in [1.29, 1.82) is 0 Å². The highest BCUT2D eigenvalue weighted by Crippen LogP contribution is 2.41. The van der Waals surface area contributed by atoms with Crippen LogP contribution in [0.1, 0.15) is 0 Å². The molecule has 20 aromatic carbocycles. The van der Waals surface area contributed by atoms with Crippen LogP contribution >= 0.6 is 0 Å². The highest BCUT2D eigenvalue weighted by atomic mass is 15.2. The van der Waals surface area contributed by atoms with Gasteiger partial charge in [0.25, 0.3) is 0 Å². The van der Waals surface area contributed by atoms with E-state index in [1.807, 2.05) is 36.4 Å². The molecule has 0 aliphatic heterocycles. The van der Waals surface area contributed by atoms with Crippen LogP contribution in [0, 0.1) is 0 Å². The molecule has 10 heteroatoms. The van der Waals surface area contributed by atoms with Gasteiger partial charge in [-0.15, -0.1) is 0 Å². The third-order valence-corrected chi connectivity index (χ3v) is 26.4. The smallest absolute Gasteiger partial charge is 0.235 e. The van der Waals surface area contributed by atoms with Crippen molar-refractivity contribution in [3.8, 4) is 175 Å². The van der Waals surface area contributed by atoms with Gasteiger partial charge >= 0.3 is 0 Å². The highest BCUT2D eigenvalue weighted by molar-refractivity contribution is 6.11. The first kappa shape index (κ1) is 84.9. The summed E-state index contributed by atoms with van der Waals surface area (Å²) in [5.74, 6) is 3.26. The quantitative estimate of drug-likeness (QED) is 0.0894. The zero-order valence-corrected chi connectivity index (χ0v) is 76.8. The van der Waals surface area contributed by atoms with Crippen molar-refractivity contribution in [1.82, 2.24) is 48.6 Å². The van der Waals surface area contributed by atoms with Crippen LogP contribution in [0.3, 0.4) is 0 Å². The molecule has 0 aliphatic rings. The standard InChI is InChI=1S/C46H31N3.C45H30N4.C40H27N3/c1-3-11-32(12-4-1)34-19-23-36(24-20-34)42-31-43(37-25-21-35(22-26-37)33-13-5-2-6-14-33)48-46(47-42)38-27-29-39(30-28-38)49-44-17-9-7-15-40(44)41-16-8-10-18-45(41)49;1-3-11-31(12-4-1)33-19-23-35(24-20-33)43-46-44(36-25-21-34(22-26-36)32-13-5-2-6-14-32)48-45(47-43)37-27-29-38(30-28-37)49-41-17-9-7-15-39(41)40-16-8-10-18-42(40)49;1-3-11-28(12-4-1)30-19-23-32(24-20-30)36-27-37(33-25-21-31(22-26-33)29-13-5-2-6-14-29)42-40(41-36)43-38-17-9-7-15-34(38)35-16-8-10-18-39(35)43/h1-31H;1-30H;1-27H. The van der Waals surface area contributed by atoms with E-state index in [0.717, 1.165) is 101 Å². The summed E-state index contributed by atoms with van der Waals surface area (Å²) in [5.41, 5.74) is 34.7. The van der Waals surface area contributed by atoms with Crippen molar-refractivity contribution in [3.63, 3.8) is 0 Å². The fourth-order valence-corrected chi connectivity index (χ4v) is 19.3. The van der Waals surface area contributed by atoms with Crippen molar-refractivity contribution in [3.05, 3.63) is 534 Å². The SMILES string of the molecule is c1ccc(-c2ccc(-c3cc(-c4ccc(-c5ccccc5)cc4)nc(-c4ccc(-n5c6ccccc6c6ccccc65)cc4)n3)cc2)cc1.c1ccc(-c2ccc(-c3cc(-c4ccc(-c5ccccc5)cc4)nc(-n4c5ccccc5c5ccccc54)n3)cc2)cc1.c1ccc(-c2ccc(-c3nc(-c4ccc(-c5ccccc5)cc4)nc(-c4ccc(-n5c6ccccc6c6ccccc65)cc4)n3)cc2)cc1. The van der Waals surface area contributed by atoms with E-state index in [4.69, 9.17) is 34.9 Å². The second-order valence-corrected chi connectivity index (χ2v) is 35.1. The lowest BCUT2D eigenvalue weighted by molar-refractivity contribution is 0.995. The van der Waals surface area contributed by atoms with Crippen LogP contribution in [0.5, 0.6) is 0 Å². The Bertz CT molecular complexity index is 8140. The summed E-state index contributed by atoms with van der Waals surface area (Å²) in [6.45, 7) is 0. The summed E-state index contributed by atoms with van der Waals surface area (Å²) in [7, 11) is 0. The summed E-state index contributed by atoms with van der Waals surface area (Å²) in [6.07, 6.45) is 0. The minimum Gasteiger partial charge on any atom is -0.309 e. The van der Waals surface area contributed by atoms with Gasteiger partial charge in [-0.25, -0.2) is 34.9 Å². The third kappa shape index (κ3) is 17.3. The van der Waals surface area contributed by atoms with Gasteiger partial charge in [0.05, 0.1) is 55.9 Å².